The molecule has 1 aromatic carbocycles. The molecule has 3 aromatic heterocycles. The van der Waals surface area contributed by atoms with E-state index in [9.17, 15) is 5.11 Å². The highest BCUT2D eigenvalue weighted by Crippen LogP contribution is 2.24. The first-order valence-corrected chi connectivity index (χ1v) is 11.3. The molecule has 178 valence electrons. The fourth-order valence-electron chi connectivity index (χ4n) is 3.67. The molecule has 0 amide bonds. The molecular weight excluding hydrogens is 430 g/mol. The van der Waals surface area contributed by atoms with E-state index in [0.29, 0.717) is 23.7 Å². The average molecular weight is 462 g/mol. The normalized spacial score (nSPS) is 12.6. The molecule has 0 saturated carbocycles. The fraction of sp³-hybridized carbons (Fsp3) is 0.333. The number of nitrogens with one attached hydrogen (secondary N) is 2. The van der Waals surface area contributed by atoms with Crippen molar-refractivity contribution in [3.63, 3.8) is 0 Å². The van der Waals surface area contributed by atoms with Crippen LogP contribution in [0, 0.1) is 0 Å². The van der Waals surface area contributed by atoms with E-state index in [1.165, 1.54) is 0 Å². The number of anilines is 4. The third kappa shape index (κ3) is 5.41. The number of nitrogen functional groups attached to an aromatic ring is 1. The molecule has 1 unspecified atom stereocenters. The molecule has 0 radical (unpaired) electrons. The van der Waals surface area contributed by atoms with Crippen LogP contribution in [0.3, 0.4) is 0 Å². The number of hydrogen-bond acceptors (Lipinski definition) is 9. The maximum absolute atomic E-state index is 10.1. The summed E-state index contributed by atoms with van der Waals surface area (Å²) in [6.45, 7) is 6.09. The fourth-order valence-corrected chi connectivity index (χ4v) is 3.67. The van der Waals surface area contributed by atoms with E-state index in [1.807, 2.05) is 41.1 Å². The molecule has 1 atom stereocenters. The van der Waals surface area contributed by atoms with Gasteiger partial charge in [0.1, 0.15) is 16.9 Å². The SMILES string of the molecule is CCCC(N)Nc1nc(N)nc2cnn(Cc3ccc(Nc4ccc(C(C)(C)O)cc4)nc3)c12. The van der Waals surface area contributed by atoms with Crippen molar-refractivity contribution in [3.05, 3.63) is 59.9 Å². The van der Waals surface area contributed by atoms with Crippen LogP contribution in [0.2, 0.25) is 0 Å². The van der Waals surface area contributed by atoms with Gasteiger partial charge in [0.15, 0.2) is 5.82 Å². The largest absolute Gasteiger partial charge is 0.386 e. The number of nitrogens with two attached hydrogens (primary N) is 2. The van der Waals surface area contributed by atoms with Crippen LogP contribution in [-0.4, -0.2) is 36.0 Å². The molecule has 0 fully saturated rings. The number of aliphatic hydroxyl groups is 1. The summed E-state index contributed by atoms with van der Waals surface area (Å²) < 4.78 is 1.81. The number of nitrogens with zero attached hydrogens (tertiary/aromatic N) is 5. The number of fused-ring (bicyclic) bond motifs is 1. The van der Waals surface area contributed by atoms with Crippen molar-refractivity contribution < 1.29 is 5.11 Å². The molecule has 0 aliphatic heterocycles. The molecule has 34 heavy (non-hydrogen) atoms. The van der Waals surface area contributed by atoms with Gasteiger partial charge in [-0.05, 0) is 49.6 Å². The van der Waals surface area contributed by atoms with Crippen molar-refractivity contribution in [2.75, 3.05) is 16.4 Å². The number of benzene rings is 1. The quantitative estimate of drug-likeness (QED) is 0.236. The zero-order chi connectivity index (χ0) is 24.3. The molecule has 0 bridgehead atoms. The molecule has 10 heteroatoms. The molecule has 4 rings (SSSR count). The summed E-state index contributed by atoms with van der Waals surface area (Å²) in [5.41, 5.74) is 15.3. The van der Waals surface area contributed by atoms with Crippen molar-refractivity contribution in [2.45, 2.75) is 51.9 Å². The second-order valence-corrected chi connectivity index (χ2v) is 8.82. The third-order valence-corrected chi connectivity index (χ3v) is 5.45. The monoisotopic (exact) mass is 461 g/mol. The molecule has 4 aromatic rings. The predicted octanol–water partition coefficient (Wildman–Crippen LogP) is 3.32. The van der Waals surface area contributed by atoms with E-state index in [0.717, 1.165) is 35.2 Å². The number of rotatable bonds is 9. The van der Waals surface area contributed by atoms with Crippen molar-refractivity contribution in [1.29, 1.82) is 0 Å². The van der Waals surface area contributed by atoms with Gasteiger partial charge in [-0.3, -0.25) is 4.68 Å². The highest BCUT2D eigenvalue weighted by molar-refractivity contribution is 5.86. The summed E-state index contributed by atoms with van der Waals surface area (Å²) in [5.74, 6) is 1.46. The van der Waals surface area contributed by atoms with Gasteiger partial charge >= 0.3 is 0 Å². The number of aromatic nitrogens is 5. The summed E-state index contributed by atoms with van der Waals surface area (Å²) in [4.78, 5) is 13.2. The molecule has 0 spiro atoms. The number of hydrogen-bond donors (Lipinski definition) is 5. The van der Waals surface area contributed by atoms with E-state index in [-0.39, 0.29) is 12.1 Å². The molecule has 7 N–H and O–H groups in total. The first-order valence-electron chi connectivity index (χ1n) is 11.3. The van der Waals surface area contributed by atoms with Crippen LogP contribution >= 0.6 is 0 Å². The molecule has 10 nitrogen and oxygen atoms in total. The Morgan fingerprint density at radius 2 is 1.85 bits per heavy atom. The summed E-state index contributed by atoms with van der Waals surface area (Å²) >= 11 is 0. The Hall–Kier alpha value is -3.76. The van der Waals surface area contributed by atoms with Gasteiger partial charge < -0.3 is 27.2 Å². The first-order chi connectivity index (χ1) is 16.2. The zero-order valence-corrected chi connectivity index (χ0v) is 19.7. The number of pyridine rings is 1. The van der Waals surface area contributed by atoms with Gasteiger partial charge in [-0.15, -0.1) is 0 Å². The van der Waals surface area contributed by atoms with E-state index in [1.54, 1.807) is 26.2 Å². The van der Waals surface area contributed by atoms with Crippen molar-refractivity contribution in [2.24, 2.45) is 5.73 Å². The Kier molecular flexibility index (Phi) is 6.62. The second kappa shape index (κ2) is 9.62. The molecule has 3 heterocycles. The lowest BCUT2D eigenvalue weighted by molar-refractivity contribution is 0.0786. The van der Waals surface area contributed by atoms with Gasteiger partial charge in [0, 0.05) is 11.9 Å². The highest BCUT2D eigenvalue weighted by atomic mass is 16.3. The molecule has 0 saturated heterocycles. The minimum atomic E-state index is -0.873. The Morgan fingerprint density at radius 3 is 2.50 bits per heavy atom. The van der Waals surface area contributed by atoms with Gasteiger partial charge in [-0.1, -0.05) is 31.5 Å². The van der Waals surface area contributed by atoms with Gasteiger partial charge in [0.2, 0.25) is 5.95 Å². The zero-order valence-electron chi connectivity index (χ0n) is 19.7. The lowest BCUT2D eigenvalue weighted by Crippen LogP contribution is -2.30. The standard InChI is InChI=1S/C24H31N9O/c1-4-5-19(25)31-22-21-18(30-23(26)32-22)13-28-33(21)14-15-6-11-20(27-12-15)29-17-9-7-16(8-10-17)24(2,3)34/h6-13,19,34H,4-5,14,25H2,1-3H3,(H,27,29)(H3,26,30,31,32). The van der Waals surface area contributed by atoms with Crippen molar-refractivity contribution in [1.82, 2.24) is 24.7 Å². The van der Waals surface area contributed by atoms with Crippen molar-refractivity contribution >= 4 is 34.3 Å². The van der Waals surface area contributed by atoms with Crippen molar-refractivity contribution in [3.8, 4) is 0 Å². The van der Waals surface area contributed by atoms with Gasteiger partial charge in [0.25, 0.3) is 0 Å². The Bertz CT molecular complexity index is 1240. The predicted molar refractivity (Wildman–Crippen MR) is 135 cm³/mol. The summed E-state index contributed by atoms with van der Waals surface area (Å²) in [6.07, 6.45) is 4.99. The summed E-state index contributed by atoms with van der Waals surface area (Å²) in [5, 5.41) is 21.1. The van der Waals surface area contributed by atoms with E-state index < -0.39 is 5.60 Å². The van der Waals surface area contributed by atoms with Gasteiger partial charge in [-0.25, -0.2) is 9.97 Å². The van der Waals surface area contributed by atoms with Crippen LogP contribution in [0.15, 0.2) is 48.8 Å². The highest BCUT2D eigenvalue weighted by Gasteiger charge is 2.16. The molecular formula is C24H31N9O. The van der Waals surface area contributed by atoms with Gasteiger partial charge in [-0.2, -0.15) is 10.1 Å². The smallest absolute Gasteiger partial charge is 0.222 e. The molecule has 0 aliphatic carbocycles. The first kappa shape index (κ1) is 23.4. The Labute approximate surface area is 198 Å². The molecule has 0 aliphatic rings. The average Bonchev–Trinajstić information content (AvgIpc) is 3.17. The van der Waals surface area contributed by atoms with Gasteiger partial charge in [0.05, 0.1) is 24.5 Å². The van der Waals surface area contributed by atoms with Crippen LogP contribution < -0.4 is 22.1 Å². The summed E-state index contributed by atoms with van der Waals surface area (Å²) in [7, 11) is 0. The summed E-state index contributed by atoms with van der Waals surface area (Å²) in [6, 6.07) is 11.5. The lowest BCUT2D eigenvalue weighted by Gasteiger charge is -2.18. The van der Waals surface area contributed by atoms with E-state index in [4.69, 9.17) is 11.5 Å². The topological polar surface area (TPSA) is 153 Å². The minimum Gasteiger partial charge on any atom is -0.386 e. The minimum absolute atomic E-state index is 0.172. The van der Waals surface area contributed by atoms with Crippen LogP contribution in [0.1, 0.15) is 44.7 Å². The van der Waals surface area contributed by atoms with Crippen LogP contribution in [0.5, 0.6) is 0 Å². The second-order valence-electron chi connectivity index (χ2n) is 8.82. The van der Waals surface area contributed by atoms with E-state index in [2.05, 4.69) is 37.6 Å². The Morgan fingerprint density at radius 1 is 1.09 bits per heavy atom. The Balaban J connectivity index is 1.50. The van der Waals surface area contributed by atoms with E-state index >= 15 is 0 Å². The third-order valence-electron chi connectivity index (χ3n) is 5.45. The maximum atomic E-state index is 10.1. The van der Waals surface area contributed by atoms with Crippen LogP contribution in [-0.2, 0) is 12.1 Å². The lowest BCUT2D eigenvalue weighted by atomic mass is 9.98. The van der Waals surface area contributed by atoms with Crippen LogP contribution in [0.4, 0.5) is 23.3 Å². The van der Waals surface area contributed by atoms with Crippen LogP contribution in [0.25, 0.3) is 11.0 Å². The maximum Gasteiger partial charge on any atom is 0.222 e.